The van der Waals surface area contributed by atoms with Gasteiger partial charge in [0.2, 0.25) is 5.82 Å². The Labute approximate surface area is 227 Å². The molecule has 0 saturated carbocycles. The monoisotopic (exact) mass is 525 g/mol. The molecule has 9 nitrogen and oxygen atoms in total. The maximum Gasteiger partial charge on any atom is 0.257 e. The Morgan fingerprint density at radius 2 is 2.00 bits per heavy atom. The number of H-pyrrole nitrogens is 1. The predicted octanol–water partition coefficient (Wildman–Crippen LogP) is 5.16. The molecule has 3 aromatic carbocycles. The molecule has 0 fully saturated rings. The lowest BCUT2D eigenvalue weighted by atomic mass is 9.98. The number of hydrogen-bond acceptors (Lipinski definition) is 8. The van der Waals surface area contributed by atoms with Gasteiger partial charge in [-0.15, -0.1) is 10.2 Å². The fourth-order valence-electron chi connectivity index (χ4n) is 4.35. The molecular weight excluding hydrogens is 494 g/mol. The third-order valence-corrected chi connectivity index (χ3v) is 6.41. The summed E-state index contributed by atoms with van der Waals surface area (Å²) in [5.41, 5.74) is 8.06. The number of allylic oxidation sites excluding steroid dienone is 1. The van der Waals surface area contributed by atoms with Crippen LogP contribution in [-0.4, -0.2) is 39.6 Å². The standard InChI is InChI=1S/C30H31N5O4/c1-20(2)8-7-17-37-23-15-13-22(25(18-23)21-9-4-3-5-10-21)14-16-26(36)24-11-6-12-27-28(24)39-30(31,19-38-27)29-32-34-35-33-29/h3-6,9-16,18,20H,7-8,17,19,31H2,1-2H3,(H,32,33,34,35). The number of nitrogens with two attached hydrogens (primary N) is 1. The number of ether oxygens (including phenoxy) is 3. The smallest absolute Gasteiger partial charge is 0.257 e. The summed E-state index contributed by atoms with van der Waals surface area (Å²) in [7, 11) is 0. The molecule has 0 amide bonds. The fraction of sp³-hybridized carbons (Fsp3) is 0.267. The molecule has 2 heterocycles. The lowest BCUT2D eigenvalue weighted by Crippen LogP contribution is -2.51. The van der Waals surface area contributed by atoms with Gasteiger partial charge in [0.05, 0.1) is 12.2 Å². The Balaban J connectivity index is 1.40. The molecule has 5 rings (SSSR count). The van der Waals surface area contributed by atoms with Gasteiger partial charge >= 0.3 is 0 Å². The van der Waals surface area contributed by atoms with Gasteiger partial charge in [-0.3, -0.25) is 10.5 Å². The Morgan fingerprint density at radius 3 is 2.77 bits per heavy atom. The first-order chi connectivity index (χ1) is 18.9. The number of nitrogens with zero attached hydrogens (tertiary/aromatic N) is 3. The number of aromatic amines is 1. The van der Waals surface area contributed by atoms with Crippen LogP contribution >= 0.6 is 0 Å². The molecule has 0 aliphatic carbocycles. The second-order valence-corrected chi connectivity index (χ2v) is 9.85. The van der Waals surface area contributed by atoms with Crippen LogP contribution in [0, 0.1) is 5.92 Å². The second-order valence-electron chi connectivity index (χ2n) is 9.85. The highest BCUT2D eigenvalue weighted by Crippen LogP contribution is 2.39. The number of rotatable bonds is 10. The minimum Gasteiger partial charge on any atom is -0.494 e. The number of carbonyl (C=O) groups is 1. The van der Waals surface area contributed by atoms with Crippen molar-refractivity contribution in [1.29, 1.82) is 0 Å². The van der Waals surface area contributed by atoms with Crippen molar-refractivity contribution in [3.63, 3.8) is 0 Å². The highest BCUT2D eigenvalue weighted by molar-refractivity contribution is 6.09. The van der Waals surface area contributed by atoms with E-state index in [1.165, 1.54) is 6.08 Å². The van der Waals surface area contributed by atoms with Crippen molar-refractivity contribution in [2.75, 3.05) is 13.2 Å². The first-order valence-electron chi connectivity index (χ1n) is 13.0. The van der Waals surface area contributed by atoms with Crippen LogP contribution in [0.25, 0.3) is 17.2 Å². The molecule has 0 radical (unpaired) electrons. The van der Waals surface area contributed by atoms with E-state index in [0.29, 0.717) is 23.8 Å². The highest BCUT2D eigenvalue weighted by atomic mass is 16.6. The summed E-state index contributed by atoms with van der Waals surface area (Å²) in [6, 6.07) is 21.1. The van der Waals surface area contributed by atoms with Gasteiger partial charge in [0.25, 0.3) is 5.72 Å². The summed E-state index contributed by atoms with van der Waals surface area (Å²) in [6.07, 6.45) is 5.43. The van der Waals surface area contributed by atoms with Crippen molar-refractivity contribution in [3.05, 3.63) is 89.8 Å². The molecule has 0 spiro atoms. The van der Waals surface area contributed by atoms with Gasteiger partial charge in [-0.05, 0) is 71.0 Å². The van der Waals surface area contributed by atoms with Crippen molar-refractivity contribution < 1.29 is 19.0 Å². The Hall–Kier alpha value is -4.50. The maximum absolute atomic E-state index is 13.4. The van der Waals surface area contributed by atoms with Crippen LogP contribution in [0.15, 0.2) is 72.8 Å². The van der Waals surface area contributed by atoms with Crippen molar-refractivity contribution in [1.82, 2.24) is 20.6 Å². The molecule has 4 aromatic rings. The number of benzene rings is 3. The largest absolute Gasteiger partial charge is 0.494 e. The molecule has 1 atom stereocenters. The minimum absolute atomic E-state index is 0.0284. The number of ketones is 1. The van der Waals surface area contributed by atoms with Gasteiger partial charge in [-0.1, -0.05) is 62.4 Å². The fourth-order valence-corrected chi connectivity index (χ4v) is 4.35. The number of hydrogen-bond donors (Lipinski definition) is 2. The Kier molecular flexibility index (Phi) is 7.69. The van der Waals surface area contributed by atoms with Gasteiger partial charge in [0.1, 0.15) is 12.4 Å². The Morgan fingerprint density at radius 1 is 1.15 bits per heavy atom. The summed E-state index contributed by atoms with van der Waals surface area (Å²) < 4.78 is 17.9. The average Bonchev–Trinajstić information content (AvgIpc) is 3.51. The summed E-state index contributed by atoms with van der Waals surface area (Å²) >= 11 is 0. The van der Waals surface area contributed by atoms with E-state index < -0.39 is 5.72 Å². The van der Waals surface area contributed by atoms with Crippen molar-refractivity contribution in [2.24, 2.45) is 11.7 Å². The molecule has 1 aliphatic rings. The molecular formula is C30H31N5O4. The van der Waals surface area contributed by atoms with E-state index in [1.807, 2.05) is 48.5 Å². The molecule has 200 valence electrons. The predicted molar refractivity (Wildman–Crippen MR) is 147 cm³/mol. The molecule has 0 bridgehead atoms. The van der Waals surface area contributed by atoms with Gasteiger partial charge < -0.3 is 14.2 Å². The lowest BCUT2D eigenvalue weighted by Gasteiger charge is -2.33. The molecule has 0 saturated heterocycles. The van der Waals surface area contributed by atoms with Crippen LogP contribution in [0.3, 0.4) is 0 Å². The lowest BCUT2D eigenvalue weighted by molar-refractivity contribution is -0.0154. The first-order valence-corrected chi connectivity index (χ1v) is 13.0. The van der Waals surface area contributed by atoms with Crippen LogP contribution in [0.4, 0.5) is 0 Å². The third-order valence-electron chi connectivity index (χ3n) is 6.41. The zero-order valence-electron chi connectivity index (χ0n) is 22.0. The summed E-state index contributed by atoms with van der Waals surface area (Å²) in [5, 5.41) is 13.8. The number of aromatic nitrogens is 4. The van der Waals surface area contributed by atoms with E-state index in [4.69, 9.17) is 19.9 Å². The van der Waals surface area contributed by atoms with Gasteiger partial charge in [0.15, 0.2) is 17.3 Å². The summed E-state index contributed by atoms with van der Waals surface area (Å²) in [4.78, 5) is 13.4. The third kappa shape index (κ3) is 5.99. The zero-order valence-corrected chi connectivity index (χ0v) is 22.0. The topological polar surface area (TPSA) is 125 Å². The zero-order chi connectivity index (χ0) is 27.2. The second kappa shape index (κ2) is 11.5. The summed E-state index contributed by atoms with van der Waals surface area (Å²) in [5.74, 6) is 1.96. The SMILES string of the molecule is CC(C)CCCOc1ccc(C=CC(=O)c2cccc3c2OC(N)(c2nn[nH]n2)CO3)c(-c2ccccc2)c1. The van der Waals surface area contributed by atoms with E-state index in [-0.39, 0.29) is 24.0 Å². The molecule has 1 aliphatic heterocycles. The molecule has 39 heavy (non-hydrogen) atoms. The van der Waals surface area contributed by atoms with Gasteiger partial charge in [-0.2, -0.15) is 5.21 Å². The molecule has 9 heteroatoms. The number of carbonyl (C=O) groups excluding carboxylic acids is 1. The normalized spacial score (nSPS) is 16.5. The molecule has 1 aromatic heterocycles. The van der Waals surface area contributed by atoms with E-state index >= 15 is 0 Å². The highest BCUT2D eigenvalue weighted by Gasteiger charge is 2.41. The maximum atomic E-state index is 13.4. The van der Waals surface area contributed by atoms with Gasteiger partial charge in [0, 0.05) is 0 Å². The summed E-state index contributed by atoms with van der Waals surface area (Å²) in [6.45, 7) is 5.05. The van der Waals surface area contributed by atoms with Crippen molar-refractivity contribution >= 4 is 11.9 Å². The molecule has 1 unspecified atom stereocenters. The van der Waals surface area contributed by atoms with Crippen molar-refractivity contribution in [3.8, 4) is 28.4 Å². The quantitative estimate of drug-likeness (QED) is 0.165. The van der Waals surface area contributed by atoms with Crippen LogP contribution < -0.4 is 19.9 Å². The number of nitrogens with one attached hydrogen (secondary N) is 1. The van der Waals surface area contributed by atoms with Crippen LogP contribution in [0.1, 0.15) is 48.4 Å². The van der Waals surface area contributed by atoms with E-state index in [0.717, 1.165) is 35.3 Å². The number of tetrazole rings is 1. The number of fused-ring (bicyclic) bond motifs is 1. The van der Waals surface area contributed by atoms with Crippen LogP contribution in [0.5, 0.6) is 17.2 Å². The van der Waals surface area contributed by atoms with Crippen LogP contribution in [-0.2, 0) is 5.72 Å². The Bertz CT molecular complexity index is 1450. The van der Waals surface area contributed by atoms with Gasteiger partial charge in [-0.25, -0.2) is 0 Å². The van der Waals surface area contributed by atoms with Crippen LogP contribution in [0.2, 0.25) is 0 Å². The van der Waals surface area contributed by atoms with E-state index in [2.05, 4.69) is 34.5 Å². The van der Waals surface area contributed by atoms with Crippen molar-refractivity contribution in [2.45, 2.75) is 32.4 Å². The first kappa shape index (κ1) is 26.1. The average molecular weight is 526 g/mol. The number of para-hydroxylation sites is 1. The molecule has 3 N–H and O–H groups in total. The van der Waals surface area contributed by atoms with E-state index in [1.54, 1.807) is 24.3 Å². The minimum atomic E-state index is -1.48. The van der Waals surface area contributed by atoms with E-state index in [9.17, 15) is 4.79 Å².